The molecule has 1 N–H and O–H groups in total. The van der Waals surface area contributed by atoms with Crippen molar-refractivity contribution in [3.8, 4) is 0 Å². The van der Waals surface area contributed by atoms with Gasteiger partial charge in [-0.05, 0) is 11.6 Å². The lowest BCUT2D eigenvalue weighted by atomic mass is 10.0. The van der Waals surface area contributed by atoms with Gasteiger partial charge >= 0.3 is 0 Å². The second-order valence-corrected chi connectivity index (χ2v) is 3.60. The molecule has 1 aliphatic rings. The van der Waals surface area contributed by atoms with E-state index in [1.165, 1.54) is 6.07 Å². The summed E-state index contributed by atoms with van der Waals surface area (Å²) >= 11 is 5.81. The summed E-state index contributed by atoms with van der Waals surface area (Å²) in [5, 5.41) is 2.94. The fourth-order valence-electron chi connectivity index (χ4n) is 1.55. The maximum Gasteiger partial charge on any atom is 0.220 e. The van der Waals surface area contributed by atoms with Crippen molar-refractivity contribution in [2.75, 3.05) is 6.54 Å². The molecule has 0 bridgehead atoms. The van der Waals surface area contributed by atoms with Crippen LogP contribution < -0.4 is 5.32 Å². The van der Waals surface area contributed by atoms with Crippen LogP contribution in [0.2, 0.25) is 5.15 Å². The molecule has 0 spiro atoms. The average molecular weight is 215 g/mol. The van der Waals surface area contributed by atoms with Crippen molar-refractivity contribution in [1.29, 1.82) is 0 Å². The van der Waals surface area contributed by atoms with Crippen LogP contribution in [-0.2, 0) is 4.79 Å². The number of hydrogen-bond acceptors (Lipinski definition) is 2. The molecule has 0 saturated carbocycles. The Balaban J connectivity index is 2.31. The van der Waals surface area contributed by atoms with Gasteiger partial charge in [0, 0.05) is 18.9 Å². The average Bonchev–Trinajstić information content (AvgIpc) is 2.56. The molecule has 1 aromatic rings. The van der Waals surface area contributed by atoms with Gasteiger partial charge < -0.3 is 5.32 Å². The van der Waals surface area contributed by atoms with E-state index in [-0.39, 0.29) is 17.0 Å². The molecule has 0 aliphatic carbocycles. The number of carbonyl (C=O) groups excluding carboxylic acids is 1. The van der Waals surface area contributed by atoms with Crippen LogP contribution in [0.3, 0.4) is 0 Å². The highest BCUT2D eigenvalue weighted by Gasteiger charge is 2.25. The van der Waals surface area contributed by atoms with E-state index in [0.29, 0.717) is 18.5 Å². The summed E-state index contributed by atoms with van der Waals surface area (Å²) in [7, 11) is 0. The molecule has 0 radical (unpaired) electrons. The van der Waals surface area contributed by atoms with Crippen LogP contribution in [0.15, 0.2) is 12.3 Å². The zero-order chi connectivity index (χ0) is 10.1. The lowest BCUT2D eigenvalue weighted by Crippen LogP contribution is -2.13. The number of carbonyl (C=O) groups is 1. The normalized spacial score (nSPS) is 21.0. The van der Waals surface area contributed by atoms with Gasteiger partial charge in [0.2, 0.25) is 5.91 Å². The van der Waals surface area contributed by atoms with Crippen LogP contribution in [-0.4, -0.2) is 17.4 Å². The summed E-state index contributed by atoms with van der Waals surface area (Å²) in [6, 6.07) is 1.33. The quantitative estimate of drug-likeness (QED) is 0.720. The lowest BCUT2D eigenvalue weighted by molar-refractivity contribution is -0.119. The summed E-state index contributed by atoms with van der Waals surface area (Å²) in [5.74, 6) is -0.516. The molecule has 2 heterocycles. The third kappa shape index (κ3) is 1.70. The summed E-state index contributed by atoms with van der Waals surface area (Å²) < 4.78 is 12.9. The van der Waals surface area contributed by atoms with Gasteiger partial charge in [0.1, 0.15) is 11.0 Å². The highest BCUT2D eigenvalue weighted by atomic mass is 35.5. The van der Waals surface area contributed by atoms with Crippen molar-refractivity contribution in [3.05, 3.63) is 28.8 Å². The van der Waals surface area contributed by atoms with Gasteiger partial charge in [-0.25, -0.2) is 9.37 Å². The van der Waals surface area contributed by atoms with Crippen molar-refractivity contribution in [3.63, 3.8) is 0 Å². The van der Waals surface area contributed by atoms with E-state index in [0.717, 1.165) is 6.20 Å². The number of nitrogens with zero attached hydrogens (tertiary/aromatic N) is 1. The molecule has 2 rings (SSSR count). The number of pyridine rings is 1. The Bertz CT molecular complexity index is 383. The minimum absolute atomic E-state index is 0.0321. The van der Waals surface area contributed by atoms with Crippen LogP contribution in [0, 0.1) is 5.82 Å². The van der Waals surface area contributed by atoms with Gasteiger partial charge in [-0.3, -0.25) is 4.79 Å². The Hall–Kier alpha value is -1.16. The predicted octanol–water partition coefficient (Wildman–Crippen LogP) is 1.48. The summed E-state index contributed by atoms with van der Waals surface area (Å²) in [4.78, 5) is 14.7. The first-order valence-corrected chi connectivity index (χ1v) is 4.62. The molecule has 74 valence electrons. The Morgan fingerprint density at radius 2 is 2.43 bits per heavy atom. The van der Waals surface area contributed by atoms with Crippen molar-refractivity contribution >= 4 is 17.5 Å². The van der Waals surface area contributed by atoms with E-state index >= 15 is 0 Å². The zero-order valence-electron chi connectivity index (χ0n) is 7.26. The number of halogens is 2. The number of aromatic nitrogens is 1. The van der Waals surface area contributed by atoms with Crippen LogP contribution in [0.5, 0.6) is 0 Å². The van der Waals surface area contributed by atoms with Crippen molar-refractivity contribution in [2.45, 2.75) is 12.3 Å². The number of amides is 1. The minimum atomic E-state index is -0.427. The van der Waals surface area contributed by atoms with E-state index in [9.17, 15) is 9.18 Å². The zero-order valence-corrected chi connectivity index (χ0v) is 8.01. The molecule has 3 nitrogen and oxygen atoms in total. The van der Waals surface area contributed by atoms with Crippen LogP contribution in [0.4, 0.5) is 4.39 Å². The molecular formula is C9H8ClFN2O. The van der Waals surface area contributed by atoms with E-state index < -0.39 is 5.82 Å². The first-order chi connectivity index (χ1) is 6.66. The fraction of sp³-hybridized carbons (Fsp3) is 0.333. The van der Waals surface area contributed by atoms with Crippen molar-refractivity contribution in [1.82, 2.24) is 10.3 Å². The first kappa shape index (κ1) is 9.40. The van der Waals surface area contributed by atoms with E-state index in [4.69, 9.17) is 11.6 Å². The van der Waals surface area contributed by atoms with E-state index in [2.05, 4.69) is 10.3 Å². The van der Waals surface area contributed by atoms with Gasteiger partial charge in [-0.1, -0.05) is 11.6 Å². The lowest BCUT2D eigenvalue weighted by Gasteiger charge is -2.08. The second-order valence-electron chi connectivity index (χ2n) is 3.24. The monoisotopic (exact) mass is 214 g/mol. The molecule has 1 amide bonds. The van der Waals surface area contributed by atoms with E-state index in [1.807, 2.05) is 0 Å². The summed E-state index contributed by atoms with van der Waals surface area (Å²) in [5.41, 5.74) is 0.602. The van der Waals surface area contributed by atoms with E-state index in [1.54, 1.807) is 0 Å². The predicted molar refractivity (Wildman–Crippen MR) is 49.6 cm³/mol. The molecular weight excluding hydrogens is 207 g/mol. The number of rotatable bonds is 1. The van der Waals surface area contributed by atoms with Crippen LogP contribution in [0.25, 0.3) is 0 Å². The second kappa shape index (κ2) is 3.53. The molecule has 14 heavy (non-hydrogen) atoms. The minimum Gasteiger partial charge on any atom is -0.355 e. The topological polar surface area (TPSA) is 42.0 Å². The molecule has 1 aromatic heterocycles. The molecule has 1 unspecified atom stereocenters. The largest absolute Gasteiger partial charge is 0.355 e. The third-order valence-corrected chi connectivity index (χ3v) is 2.57. The third-order valence-electron chi connectivity index (χ3n) is 2.25. The SMILES string of the molecule is O=C1CC(c2cc(F)cnc2Cl)CN1. The summed E-state index contributed by atoms with van der Waals surface area (Å²) in [6.07, 6.45) is 1.42. The van der Waals surface area contributed by atoms with Gasteiger partial charge in [0.05, 0.1) is 6.20 Å². The van der Waals surface area contributed by atoms with Crippen molar-refractivity contribution in [2.24, 2.45) is 0 Å². The van der Waals surface area contributed by atoms with Crippen LogP contribution >= 0.6 is 11.6 Å². The molecule has 1 fully saturated rings. The van der Waals surface area contributed by atoms with Gasteiger partial charge in [-0.2, -0.15) is 0 Å². The van der Waals surface area contributed by atoms with Gasteiger partial charge in [0.25, 0.3) is 0 Å². The smallest absolute Gasteiger partial charge is 0.220 e. The van der Waals surface area contributed by atoms with Gasteiger partial charge in [-0.15, -0.1) is 0 Å². The summed E-state index contributed by atoms with van der Waals surface area (Å²) in [6.45, 7) is 0.504. The Labute approximate surface area is 85.3 Å². The fourth-order valence-corrected chi connectivity index (χ4v) is 1.81. The Morgan fingerprint density at radius 1 is 1.64 bits per heavy atom. The Morgan fingerprint density at radius 3 is 3.07 bits per heavy atom. The first-order valence-electron chi connectivity index (χ1n) is 4.24. The highest BCUT2D eigenvalue weighted by Crippen LogP contribution is 2.28. The maximum atomic E-state index is 12.9. The maximum absolute atomic E-state index is 12.9. The molecule has 1 aliphatic heterocycles. The molecule has 5 heteroatoms. The molecule has 0 aromatic carbocycles. The van der Waals surface area contributed by atoms with Crippen molar-refractivity contribution < 1.29 is 9.18 Å². The Kier molecular flexibility index (Phi) is 2.37. The molecule has 1 atom stereocenters. The highest BCUT2D eigenvalue weighted by molar-refractivity contribution is 6.30. The number of nitrogens with one attached hydrogen (secondary N) is 1. The number of hydrogen-bond donors (Lipinski definition) is 1. The van der Waals surface area contributed by atoms with Crippen LogP contribution in [0.1, 0.15) is 17.9 Å². The standard InChI is InChI=1S/C9H8ClFN2O/c10-9-7(2-6(11)4-13-9)5-1-8(14)12-3-5/h2,4-5H,1,3H2,(H,12,14). The van der Waals surface area contributed by atoms with Gasteiger partial charge in [0.15, 0.2) is 0 Å². The molecule has 1 saturated heterocycles.